The minimum Gasteiger partial charge on any atom is -0.378 e. The molecule has 1 atom stereocenters. The van der Waals surface area contributed by atoms with Gasteiger partial charge in [0.1, 0.15) is 11.5 Å². The van der Waals surface area contributed by atoms with Gasteiger partial charge in [-0.05, 0) is 49.2 Å². The number of carbonyl (C=O) groups excluding carboxylic acids is 1. The zero-order chi connectivity index (χ0) is 23.3. The lowest BCUT2D eigenvalue weighted by atomic mass is 10.1. The van der Waals surface area contributed by atoms with Crippen LogP contribution >= 0.6 is 0 Å². The van der Waals surface area contributed by atoms with Crippen molar-refractivity contribution >= 4 is 11.8 Å². The lowest BCUT2D eigenvalue weighted by molar-refractivity contribution is 0.0507. The number of hydrogen-bond donors (Lipinski definition) is 0. The lowest BCUT2D eigenvalue weighted by Gasteiger charge is -2.29. The molecule has 1 aromatic heterocycles. The van der Waals surface area contributed by atoms with E-state index < -0.39 is 0 Å². The Labute approximate surface area is 198 Å². The predicted molar refractivity (Wildman–Crippen MR) is 125 cm³/mol. The molecule has 3 heterocycles. The first kappa shape index (κ1) is 22.6. The second-order valence-corrected chi connectivity index (χ2v) is 8.61. The van der Waals surface area contributed by atoms with Crippen LogP contribution in [-0.4, -0.2) is 61.5 Å². The molecule has 0 bridgehead atoms. The smallest absolute Gasteiger partial charge is 0.254 e. The van der Waals surface area contributed by atoms with Crippen LogP contribution in [0.4, 0.5) is 10.3 Å². The highest BCUT2D eigenvalue weighted by Crippen LogP contribution is 2.34. The second-order valence-electron chi connectivity index (χ2n) is 8.61. The van der Waals surface area contributed by atoms with E-state index in [4.69, 9.17) is 14.0 Å². The molecule has 178 valence electrons. The van der Waals surface area contributed by atoms with Gasteiger partial charge in [0, 0.05) is 37.4 Å². The van der Waals surface area contributed by atoms with Crippen LogP contribution in [0.1, 0.15) is 28.8 Å². The van der Waals surface area contributed by atoms with Crippen LogP contribution in [0, 0.1) is 5.82 Å². The molecule has 2 aliphatic heterocycles. The summed E-state index contributed by atoms with van der Waals surface area (Å²) < 4.78 is 30.8. The molecular formula is C26H28FN3O4. The van der Waals surface area contributed by atoms with E-state index in [9.17, 15) is 9.18 Å². The molecule has 1 unspecified atom stereocenters. The Balaban J connectivity index is 1.52. The fraction of sp³-hybridized carbons (Fsp3) is 0.385. The standard InChI is InChI=1S/C26H28FN3O4/c27-21-10-8-19(9-11-21)24-23(26(34-28-24)29-12-15-32-16-13-29)18-30(17-22-7-4-14-33-22)25(31)20-5-2-1-3-6-20/h1-3,5-6,8-11,22H,4,7,12-18H2. The van der Waals surface area contributed by atoms with Gasteiger partial charge in [-0.15, -0.1) is 0 Å². The number of amides is 1. The fourth-order valence-electron chi connectivity index (χ4n) is 4.50. The van der Waals surface area contributed by atoms with Gasteiger partial charge in [-0.3, -0.25) is 4.79 Å². The first-order chi connectivity index (χ1) is 16.7. The van der Waals surface area contributed by atoms with Crippen molar-refractivity contribution in [3.63, 3.8) is 0 Å². The molecule has 0 N–H and O–H groups in total. The number of benzene rings is 2. The van der Waals surface area contributed by atoms with Crippen LogP contribution in [0.25, 0.3) is 11.3 Å². The third-order valence-corrected chi connectivity index (χ3v) is 6.29. The summed E-state index contributed by atoms with van der Waals surface area (Å²) >= 11 is 0. The maximum Gasteiger partial charge on any atom is 0.254 e. The predicted octanol–water partition coefficient (Wildman–Crippen LogP) is 4.14. The molecule has 3 aromatic rings. The molecule has 0 aliphatic carbocycles. The van der Waals surface area contributed by atoms with Gasteiger partial charge in [0.25, 0.3) is 5.91 Å². The summed E-state index contributed by atoms with van der Waals surface area (Å²) in [5.41, 5.74) is 2.77. The zero-order valence-electron chi connectivity index (χ0n) is 19.0. The molecule has 34 heavy (non-hydrogen) atoms. The SMILES string of the molecule is O=C(c1ccccc1)N(Cc1c(-c2ccc(F)cc2)noc1N1CCOCC1)CC1CCCO1. The number of hydrogen-bond acceptors (Lipinski definition) is 6. The van der Waals surface area contributed by atoms with Crippen LogP contribution in [0.15, 0.2) is 59.1 Å². The van der Waals surface area contributed by atoms with Crippen molar-refractivity contribution in [2.45, 2.75) is 25.5 Å². The van der Waals surface area contributed by atoms with Crippen LogP contribution < -0.4 is 4.90 Å². The van der Waals surface area contributed by atoms with E-state index >= 15 is 0 Å². The molecule has 2 aliphatic rings. The molecule has 2 fully saturated rings. The summed E-state index contributed by atoms with van der Waals surface area (Å²) in [5, 5.41) is 4.36. The number of halogens is 1. The summed E-state index contributed by atoms with van der Waals surface area (Å²) in [6, 6.07) is 15.4. The monoisotopic (exact) mass is 465 g/mol. The van der Waals surface area contributed by atoms with Crippen LogP contribution in [-0.2, 0) is 16.0 Å². The van der Waals surface area contributed by atoms with Gasteiger partial charge in [0.15, 0.2) is 0 Å². The summed E-state index contributed by atoms with van der Waals surface area (Å²) in [7, 11) is 0. The van der Waals surface area contributed by atoms with Crippen molar-refractivity contribution in [3.8, 4) is 11.3 Å². The highest BCUT2D eigenvalue weighted by atomic mass is 19.1. The molecule has 0 saturated carbocycles. The van der Waals surface area contributed by atoms with E-state index in [0.717, 1.165) is 24.0 Å². The Morgan fingerprint density at radius 1 is 1.06 bits per heavy atom. The Morgan fingerprint density at radius 3 is 2.53 bits per heavy atom. The van der Waals surface area contributed by atoms with Crippen LogP contribution in [0.2, 0.25) is 0 Å². The Hall–Kier alpha value is -3.23. The molecule has 1 amide bonds. The molecule has 2 aromatic carbocycles. The highest BCUT2D eigenvalue weighted by Gasteiger charge is 2.30. The molecule has 5 rings (SSSR count). The number of nitrogens with zero attached hydrogens (tertiary/aromatic N) is 3. The highest BCUT2D eigenvalue weighted by molar-refractivity contribution is 5.94. The van der Waals surface area contributed by atoms with Crippen molar-refractivity contribution < 1.29 is 23.2 Å². The summed E-state index contributed by atoms with van der Waals surface area (Å²) in [4.78, 5) is 17.5. The van der Waals surface area contributed by atoms with Gasteiger partial charge in [0.05, 0.1) is 31.4 Å². The van der Waals surface area contributed by atoms with E-state index in [1.165, 1.54) is 12.1 Å². The average molecular weight is 466 g/mol. The normalized spacial score (nSPS) is 18.3. The third-order valence-electron chi connectivity index (χ3n) is 6.29. The lowest BCUT2D eigenvalue weighted by Crippen LogP contribution is -2.39. The summed E-state index contributed by atoms with van der Waals surface area (Å²) in [6.07, 6.45) is 1.91. The number of ether oxygens (including phenoxy) is 2. The van der Waals surface area contributed by atoms with Gasteiger partial charge in [-0.1, -0.05) is 23.4 Å². The van der Waals surface area contributed by atoms with Gasteiger partial charge in [-0.2, -0.15) is 0 Å². The maximum absolute atomic E-state index is 13.6. The molecule has 7 nitrogen and oxygen atoms in total. The molecule has 8 heteroatoms. The maximum atomic E-state index is 13.6. The molecule has 0 radical (unpaired) electrons. The quantitative estimate of drug-likeness (QED) is 0.523. The van der Waals surface area contributed by atoms with E-state index in [-0.39, 0.29) is 17.8 Å². The van der Waals surface area contributed by atoms with Gasteiger partial charge < -0.3 is 23.8 Å². The van der Waals surface area contributed by atoms with Gasteiger partial charge in [-0.25, -0.2) is 4.39 Å². The largest absolute Gasteiger partial charge is 0.378 e. The van der Waals surface area contributed by atoms with E-state index in [1.54, 1.807) is 12.1 Å². The Morgan fingerprint density at radius 2 is 1.82 bits per heavy atom. The van der Waals surface area contributed by atoms with Gasteiger partial charge in [0.2, 0.25) is 5.88 Å². The first-order valence-electron chi connectivity index (χ1n) is 11.7. The topological polar surface area (TPSA) is 68.0 Å². The number of anilines is 1. The Kier molecular flexibility index (Phi) is 6.87. The van der Waals surface area contributed by atoms with Crippen molar-refractivity contribution in [2.75, 3.05) is 44.4 Å². The molecular weight excluding hydrogens is 437 g/mol. The average Bonchev–Trinajstić information content (AvgIpc) is 3.55. The van der Waals surface area contributed by atoms with Crippen molar-refractivity contribution in [1.82, 2.24) is 10.1 Å². The number of rotatable bonds is 7. The van der Waals surface area contributed by atoms with E-state index in [2.05, 4.69) is 10.1 Å². The van der Waals surface area contributed by atoms with Gasteiger partial charge >= 0.3 is 0 Å². The van der Waals surface area contributed by atoms with E-state index in [1.807, 2.05) is 35.2 Å². The van der Waals surface area contributed by atoms with E-state index in [0.29, 0.717) is 63.1 Å². The number of morpholine rings is 1. The third kappa shape index (κ3) is 4.98. The number of aromatic nitrogens is 1. The van der Waals surface area contributed by atoms with Crippen molar-refractivity contribution in [1.29, 1.82) is 0 Å². The summed E-state index contributed by atoms with van der Waals surface area (Å²) in [6.45, 7) is 4.02. The minimum atomic E-state index is -0.318. The molecule has 2 saturated heterocycles. The fourth-order valence-corrected chi connectivity index (χ4v) is 4.50. The van der Waals surface area contributed by atoms with Crippen LogP contribution in [0.5, 0.6) is 0 Å². The number of carbonyl (C=O) groups is 1. The Bertz CT molecular complexity index is 1090. The first-order valence-corrected chi connectivity index (χ1v) is 11.7. The zero-order valence-corrected chi connectivity index (χ0v) is 19.0. The van der Waals surface area contributed by atoms with Crippen molar-refractivity contribution in [3.05, 3.63) is 71.5 Å². The van der Waals surface area contributed by atoms with Crippen molar-refractivity contribution in [2.24, 2.45) is 0 Å². The molecule has 0 spiro atoms. The second kappa shape index (κ2) is 10.4. The van der Waals surface area contributed by atoms with Crippen LogP contribution in [0.3, 0.4) is 0 Å². The summed E-state index contributed by atoms with van der Waals surface area (Å²) in [5.74, 6) is 0.234. The minimum absolute atomic E-state index is 0.00590.